The minimum atomic E-state index is -0.748. The van der Waals surface area contributed by atoms with Gasteiger partial charge in [-0.3, -0.25) is 18.8 Å². The summed E-state index contributed by atoms with van der Waals surface area (Å²) in [6, 6.07) is 18.5. The molecular weight excluding hydrogens is 536 g/mol. The zero-order valence-corrected chi connectivity index (χ0v) is 24.3. The number of hydrogen-bond donors (Lipinski definition) is 1. The molecule has 2 heterocycles. The monoisotopic (exact) mass is 573 g/mol. The molecule has 1 fully saturated rings. The topological polar surface area (TPSA) is 76.5 Å². The average molecular weight is 574 g/mol. The van der Waals surface area contributed by atoms with Gasteiger partial charge < -0.3 is 10.6 Å². The number of halogens is 2. The first kappa shape index (κ1) is 29.4. The zero-order valence-electron chi connectivity index (χ0n) is 24.3. The van der Waals surface area contributed by atoms with Crippen LogP contribution in [0.2, 0.25) is 0 Å². The summed E-state index contributed by atoms with van der Waals surface area (Å²) in [4.78, 5) is 32.1. The highest BCUT2D eigenvalue weighted by Crippen LogP contribution is 2.22. The van der Waals surface area contributed by atoms with E-state index in [2.05, 4.69) is 36.9 Å². The molecular formula is C33H37F2N5O2. The summed E-state index contributed by atoms with van der Waals surface area (Å²) >= 11 is 0. The van der Waals surface area contributed by atoms with Crippen molar-refractivity contribution in [1.29, 1.82) is 0 Å². The van der Waals surface area contributed by atoms with Crippen molar-refractivity contribution < 1.29 is 8.78 Å². The summed E-state index contributed by atoms with van der Waals surface area (Å²) in [5, 5.41) is 0. The normalized spacial score (nSPS) is 14.8. The molecule has 1 aliphatic rings. The molecule has 0 unspecified atom stereocenters. The number of piperazine rings is 1. The summed E-state index contributed by atoms with van der Waals surface area (Å²) in [6.45, 7) is 8.88. The predicted octanol–water partition coefficient (Wildman–Crippen LogP) is 4.28. The van der Waals surface area contributed by atoms with Crippen molar-refractivity contribution in [3.63, 3.8) is 0 Å². The minimum Gasteiger partial charge on any atom is -0.363 e. The van der Waals surface area contributed by atoms with E-state index >= 15 is 0 Å². The van der Waals surface area contributed by atoms with E-state index in [1.165, 1.54) is 27.3 Å². The first-order valence-corrected chi connectivity index (χ1v) is 14.3. The fourth-order valence-corrected chi connectivity index (χ4v) is 5.79. The van der Waals surface area contributed by atoms with Crippen LogP contribution >= 0.6 is 0 Å². The van der Waals surface area contributed by atoms with E-state index < -0.39 is 28.9 Å². The Morgan fingerprint density at radius 2 is 1.33 bits per heavy atom. The van der Waals surface area contributed by atoms with E-state index in [9.17, 15) is 18.4 Å². The second kappa shape index (κ2) is 12.4. The van der Waals surface area contributed by atoms with E-state index in [4.69, 9.17) is 5.73 Å². The van der Waals surface area contributed by atoms with Crippen LogP contribution in [0.3, 0.4) is 0 Å². The molecule has 1 saturated heterocycles. The van der Waals surface area contributed by atoms with Gasteiger partial charge in [-0.05, 0) is 55.2 Å². The number of nitrogens with zero attached hydrogens (tertiary/aromatic N) is 4. The average Bonchev–Trinajstić information content (AvgIpc) is 2.98. The third-order valence-electron chi connectivity index (χ3n) is 8.36. The number of aryl methyl sites for hydroxylation is 2. The van der Waals surface area contributed by atoms with Crippen molar-refractivity contribution in [3.8, 4) is 0 Å². The lowest BCUT2D eigenvalue weighted by atomic mass is 10.0. The summed E-state index contributed by atoms with van der Waals surface area (Å²) in [7, 11) is 0. The van der Waals surface area contributed by atoms with E-state index in [1.807, 2.05) is 35.2 Å². The number of benzene rings is 3. The first-order chi connectivity index (χ1) is 20.2. The van der Waals surface area contributed by atoms with Gasteiger partial charge in [0.2, 0.25) is 0 Å². The van der Waals surface area contributed by atoms with Gasteiger partial charge in [0.15, 0.2) is 0 Å². The second-order valence-electron chi connectivity index (χ2n) is 11.1. The van der Waals surface area contributed by atoms with Crippen LogP contribution in [-0.2, 0) is 19.6 Å². The van der Waals surface area contributed by atoms with Crippen LogP contribution in [0.25, 0.3) is 0 Å². The summed E-state index contributed by atoms with van der Waals surface area (Å²) < 4.78 is 31.8. The van der Waals surface area contributed by atoms with Crippen molar-refractivity contribution in [1.82, 2.24) is 14.0 Å². The number of rotatable bonds is 8. The summed E-state index contributed by atoms with van der Waals surface area (Å²) in [6.07, 6.45) is 0. The molecule has 9 heteroatoms. The van der Waals surface area contributed by atoms with Gasteiger partial charge in [-0.25, -0.2) is 13.6 Å². The molecule has 0 spiro atoms. The molecule has 3 aromatic carbocycles. The summed E-state index contributed by atoms with van der Waals surface area (Å²) in [5.74, 6) is -1.50. The maximum absolute atomic E-state index is 14.7. The van der Waals surface area contributed by atoms with Crippen LogP contribution in [0, 0.1) is 32.4 Å². The van der Waals surface area contributed by atoms with Gasteiger partial charge >= 0.3 is 5.69 Å². The molecule has 220 valence electrons. The largest absolute Gasteiger partial charge is 0.363 e. The van der Waals surface area contributed by atoms with E-state index in [0.717, 1.165) is 41.9 Å². The molecule has 7 nitrogen and oxygen atoms in total. The van der Waals surface area contributed by atoms with Gasteiger partial charge in [0, 0.05) is 50.0 Å². The van der Waals surface area contributed by atoms with Crippen LogP contribution in [0.4, 0.5) is 14.5 Å². The molecule has 1 atom stereocenters. The number of nitrogens with two attached hydrogens (primary N) is 1. The summed E-state index contributed by atoms with van der Waals surface area (Å²) in [5.41, 5.74) is 10.4. The molecule has 1 aromatic heterocycles. The van der Waals surface area contributed by atoms with Gasteiger partial charge in [-0.1, -0.05) is 54.6 Å². The SMILES string of the molecule is Cc1cccc(C)c1CN1CCN(c2c(C)n(Cc3c(F)cccc3F)c(=O)n(C[C@@H](N)c3ccccc3)c2=O)CC1. The Hall–Kier alpha value is -4.08. The van der Waals surface area contributed by atoms with Crippen LogP contribution in [0.1, 0.15) is 39.6 Å². The lowest BCUT2D eigenvalue weighted by Crippen LogP contribution is -2.51. The van der Waals surface area contributed by atoms with Gasteiger partial charge in [0.25, 0.3) is 5.56 Å². The maximum Gasteiger partial charge on any atom is 0.331 e. The van der Waals surface area contributed by atoms with E-state index in [0.29, 0.717) is 24.5 Å². The lowest BCUT2D eigenvalue weighted by Gasteiger charge is -2.37. The third kappa shape index (κ3) is 5.93. The fraction of sp³-hybridized carbons (Fsp3) is 0.333. The molecule has 5 rings (SSSR count). The van der Waals surface area contributed by atoms with Crippen LogP contribution in [0.5, 0.6) is 0 Å². The van der Waals surface area contributed by atoms with Crippen molar-refractivity contribution in [2.24, 2.45) is 5.73 Å². The second-order valence-corrected chi connectivity index (χ2v) is 11.1. The molecule has 0 saturated carbocycles. The van der Waals surface area contributed by atoms with Crippen LogP contribution in [-0.4, -0.2) is 40.2 Å². The fourth-order valence-electron chi connectivity index (χ4n) is 5.79. The molecule has 0 radical (unpaired) electrons. The highest BCUT2D eigenvalue weighted by Gasteiger charge is 2.27. The Balaban J connectivity index is 1.50. The predicted molar refractivity (Wildman–Crippen MR) is 162 cm³/mol. The minimum absolute atomic E-state index is 0.0682. The Kier molecular flexibility index (Phi) is 8.70. The number of aromatic nitrogens is 2. The van der Waals surface area contributed by atoms with Gasteiger partial charge in [-0.2, -0.15) is 0 Å². The van der Waals surface area contributed by atoms with Crippen molar-refractivity contribution in [2.75, 3.05) is 31.1 Å². The molecule has 2 N–H and O–H groups in total. The van der Waals surface area contributed by atoms with Crippen molar-refractivity contribution in [3.05, 3.63) is 133 Å². The highest BCUT2D eigenvalue weighted by atomic mass is 19.1. The quantitative estimate of drug-likeness (QED) is 0.341. The van der Waals surface area contributed by atoms with Crippen LogP contribution in [0.15, 0.2) is 76.3 Å². The molecule has 0 bridgehead atoms. The molecule has 42 heavy (non-hydrogen) atoms. The van der Waals surface area contributed by atoms with E-state index in [1.54, 1.807) is 6.92 Å². The third-order valence-corrected chi connectivity index (χ3v) is 8.36. The Morgan fingerprint density at radius 3 is 1.95 bits per heavy atom. The Morgan fingerprint density at radius 1 is 0.738 bits per heavy atom. The Bertz CT molecular complexity index is 1650. The standard InChI is InChI=1S/C33H37F2N5O2/c1-22-9-7-10-23(2)26(22)19-37-15-17-38(18-16-37)31-24(3)39(20-27-28(34)13-8-14-29(27)35)33(42)40(32(31)41)21-30(36)25-11-5-4-6-12-25/h4-14,30H,15-21,36H2,1-3H3/t30-/m1/s1. The number of anilines is 1. The molecule has 4 aromatic rings. The van der Waals surface area contributed by atoms with E-state index in [-0.39, 0.29) is 18.7 Å². The van der Waals surface area contributed by atoms with Crippen molar-refractivity contribution >= 4 is 5.69 Å². The Labute approximate surface area is 244 Å². The molecule has 1 aliphatic heterocycles. The van der Waals surface area contributed by atoms with Crippen LogP contribution < -0.4 is 21.9 Å². The van der Waals surface area contributed by atoms with Gasteiger partial charge in [0.1, 0.15) is 17.3 Å². The maximum atomic E-state index is 14.7. The zero-order chi connectivity index (χ0) is 30.0. The van der Waals surface area contributed by atoms with Crippen molar-refractivity contribution in [2.45, 2.75) is 46.4 Å². The smallest absolute Gasteiger partial charge is 0.331 e. The van der Waals surface area contributed by atoms with Gasteiger partial charge in [0.05, 0.1) is 13.1 Å². The molecule has 0 amide bonds. The first-order valence-electron chi connectivity index (χ1n) is 14.3. The number of hydrogen-bond acceptors (Lipinski definition) is 5. The lowest BCUT2D eigenvalue weighted by molar-refractivity contribution is 0.248. The van der Waals surface area contributed by atoms with Gasteiger partial charge in [-0.15, -0.1) is 0 Å². The molecule has 0 aliphatic carbocycles. The highest BCUT2D eigenvalue weighted by molar-refractivity contribution is 5.50.